The van der Waals surface area contributed by atoms with Crippen LogP contribution in [0.3, 0.4) is 0 Å². The Kier molecular flexibility index (Phi) is 5.88. The van der Waals surface area contributed by atoms with Crippen molar-refractivity contribution in [1.82, 2.24) is 24.2 Å². The molecular weight excluding hydrogens is 457 g/mol. The molecule has 0 radical (unpaired) electrons. The van der Waals surface area contributed by atoms with Crippen molar-refractivity contribution in [2.24, 2.45) is 0 Å². The molecule has 0 aliphatic heterocycles. The van der Waals surface area contributed by atoms with Crippen LogP contribution >= 0.6 is 0 Å². The topological polar surface area (TPSA) is 114 Å². The normalized spacial score (nSPS) is 15.9. The molecule has 0 bridgehead atoms. The molecule has 1 aliphatic rings. The van der Waals surface area contributed by atoms with Crippen LogP contribution in [0, 0.1) is 11.3 Å². The summed E-state index contributed by atoms with van der Waals surface area (Å²) in [6.07, 6.45) is 2.47. The molecule has 0 spiro atoms. The second kappa shape index (κ2) is 8.39. The van der Waals surface area contributed by atoms with Gasteiger partial charge in [0.1, 0.15) is 28.3 Å². The van der Waals surface area contributed by atoms with Gasteiger partial charge in [0, 0.05) is 17.6 Å². The Bertz CT molecular complexity index is 1340. The molecule has 0 unspecified atom stereocenters. The van der Waals surface area contributed by atoms with E-state index in [0.29, 0.717) is 29.2 Å². The Morgan fingerprint density at radius 3 is 2.42 bits per heavy atom. The van der Waals surface area contributed by atoms with E-state index in [1.54, 1.807) is 10.9 Å². The Morgan fingerprint density at radius 1 is 1.24 bits per heavy atom. The van der Waals surface area contributed by atoms with E-state index in [0.717, 1.165) is 43.6 Å². The van der Waals surface area contributed by atoms with Crippen molar-refractivity contribution in [1.29, 1.82) is 5.26 Å². The summed E-state index contributed by atoms with van der Waals surface area (Å²) in [5, 5.41) is 10.6. The summed E-state index contributed by atoms with van der Waals surface area (Å²) in [5.41, 5.74) is 2.35. The molecule has 3 aromatic rings. The van der Waals surface area contributed by atoms with Crippen LogP contribution in [0.4, 0.5) is 13.2 Å². The van der Waals surface area contributed by atoms with Gasteiger partial charge in [0.2, 0.25) is 10.0 Å². The third-order valence-electron chi connectivity index (χ3n) is 5.83. The van der Waals surface area contributed by atoms with Crippen LogP contribution in [0.1, 0.15) is 50.3 Å². The zero-order valence-electron chi connectivity index (χ0n) is 17.9. The van der Waals surface area contributed by atoms with Crippen LogP contribution in [0.5, 0.6) is 0 Å². The molecule has 1 atom stereocenters. The van der Waals surface area contributed by atoms with Crippen LogP contribution in [0.25, 0.3) is 22.6 Å². The number of rotatable bonds is 6. The van der Waals surface area contributed by atoms with Gasteiger partial charge in [-0.15, -0.1) is 0 Å². The zero-order chi connectivity index (χ0) is 24.0. The molecule has 174 valence electrons. The van der Waals surface area contributed by atoms with Gasteiger partial charge in [-0.2, -0.15) is 23.2 Å². The molecule has 3 aromatic heterocycles. The zero-order valence-corrected chi connectivity index (χ0v) is 18.7. The number of aryl methyl sites for hydroxylation is 1. The summed E-state index contributed by atoms with van der Waals surface area (Å²) in [6, 6.07) is 1.94. The van der Waals surface area contributed by atoms with Gasteiger partial charge in [-0.05, 0) is 44.2 Å². The van der Waals surface area contributed by atoms with E-state index in [1.807, 2.05) is 17.6 Å². The molecule has 3 heterocycles. The first-order valence-corrected chi connectivity index (χ1v) is 11.9. The number of sulfonamides is 1. The van der Waals surface area contributed by atoms with Crippen molar-refractivity contribution >= 4 is 21.1 Å². The molecule has 0 aromatic carbocycles. The van der Waals surface area contributed by atoms with Gasteiger partial charge in [-0.25, -0.2) is 23.4 Å². The summed E-state index contributed by atoms with van der Waals surface area (Å²) in [6.45, 7) is 2.69. The van der Waals surface area contributed by atoms with Crippen LogP contribution in [-0.4, -0.2) is 40.2 Å². The third-order valence-corrected chi connectivity index (χ3v) is 7.33. The number of aromatic nitrogens is 4. The lowest BCUT2D eigenvalue weighted by molar-refractivity contribution is -0.147. The van der Waals surface area contributed by atoms with Gasteiger partial charge >= 0.3 is 6.18 Å². The van der Waals surface area contributed by atoms with Gasteiger partial charge in [0.15, 0.2) is 5.82 Å². The second-order valence-electron chi connectivity index (χ2n) is 7.99. The van der Waals surface area contributed by atoms with E-state index in [2.05, 4.69) is 21.0 Å². The summed E-state index contributed by atoms with van der Waals surface area (Å²) in [4.78, 5) is 12.3. The highest BCUT2D eigenvalue weighted by Crippen LogP contribution is 2.41. The van der Waals surface area contributed by atoms with Crippen molar-refractivity contribution in [2.75, 3.05) is 0 Å². The number of hydrogen-bond acceptors (Lipinski definition) is 6. The minimum Gasteiger partial charge on any atom is -0.318 e. The maximum absolute atomic E-state index is 12.8. The van der Waals surface area contributed by atoms with E-state index in [1.165, 1.54) is 0 Å². The SMILES string of the molecule is CCc1cnc2c(c1)c(C#N)c(-c1ncc(S(=O)(=O)N[C@@H](C)C(F)(F)F)cn1)n2C1CCC1. The minimum atomic E-state index is -4.73. The Morgan fingerprint density at radius 2 is 1.91 bits per heavy atom. The third kappa shape index (κ3) is 4.18. The van der Waals surface area contributed by atoms with E-state index in [4.69, 9.17) is 0 Å². The predicted octanol–water partition coefficient (Wildman–Crippen LogP) is 3.88. The summed E-state index contributed by atoms with van der Waals surface area (Å²) in [7, 11) is -4.49. The molecule has 0 amide bonds. The fourth-order valence-electron chi connectivity index (χ4n) is 3.70. The van der Waals surface area contributed by atoms with Crippen molar-refractivity contribution in [3.63, 3.8) is 0 Å². The van der Waals surface area contributed by atoms with Crippen molar-refractivity contribution in [2.45, 2.75) is 62.7 Å². The molecule has 8 nitrogen and oxygen atoms in total. The van der Waals surface area contributed by atoms with Crippen LogP contribution in [0.15, 0.2) is 29.6 Å². The highest BCUT2D eigenvalue weighted by atomic mass is 32.2. The maximum atomic E-state index is 12.8. The highest BCUT2D eigenvalue weighted by Gasteiger charge is 2.39. The van der Waals surface area contributed by atoms with Crippen molar-refractivity contribution < 1.29 is 21.6 Å². The van der Waals surface area contributed by atoms with E-state index in [-0.39, 0.29) is 11.9 Å². The monoisotopic (exact) mass is 478 g/mol. The number of nitriles is 1. The lowest BCUT2D eigenvalue weighted by Crippen LogP contribution is -2.43. The second-order valence-corrected chi connectivity index (χ2v) is 9.70. The van der Waals surface area contributed by atoms with E-state index >= 15 is 0 Å². The first kappa shape index (κ1) is 23.1. The van der Waals surface area contributed by atoms with Gasteiger partial charge in [0.25, 0.3) is 0 Å². The fraction of sp³-hybridized carbons (Fsp3) is 0.429. The molecule has 12 heteroatoms. The van der Waals surface area contributed by atoms with Crippen molar-refractivity contribution in [3.8, 4) is 17.6 Å². The molecular formula is C21H21F3N6O2S. The molecule has 1 saturated carbocycles. The van der Waals surface area contributed by atoms with Crippen LogP contribution in [0.2, 0.25) is 0 Å². The van der Waals surface area contributed by atoms with Crippen LogP contribution < -0.4 is 4.72 Å². The number of halogens is 3. The smallest absolute Gasteiger partial charge is 0.318 e. The molecule has 33 heavy (non-hydrogen) atoms. The molecule has 1 fully saturated rings. The number of nitrogens with zero attached hydrogens (tertiary/aromatic N) is 5. The molecule has 1 N–H and O–H groups in total. The Balaban J connectivity index is 1.80. The average Bonchev–Trinajstić information content (AvgIpc) is 3.04. The number of hydrogen-bond donors (Lipinski definition) is 1. The van der Waals surface area contributed by atoms with Gasteiger partial charge in [-0.3, -0.25) is 0 Å². The van der Waals surface area contributed by atoms with Crippen molar-refractivity contribution in [3.05, 3.63) is 35.8 Å². The molecule has 0 saturated heterocycles. The number of pyridine rings is 1. The summed E-state index contributed by atoms with van der Waals surface area (Å²) in [5.74, 6) is 0.109. The number of nitrogens with one attached hydrogen (secondary N) is 1. The Hall–Kier alpha value is -3.04. The first-order valence-electron chi connectivity index (χ1n) is 10.4. The fourth-order valence-corrected chi connectivity index (χ4v) is 4.82. The summed E-state index contributed by atoms with van der Waals surface area (Å²) < 4.78 is 66.5. The highest BCUT2D eigenvalue weighted by molar-refractivity contribution is 7.89. The number of alkyl halides is 3. The average molecular weight is 479 g/mol. The van der Waals surface area contributed by atoms with E-state index < -0.39 is 27.1 Å². The maximum Gasteiger partial charge on any atom is 0.404 e. The lowest BCUT2D eigenvalue weighted by Gasteiger charge is -2.29. The van der Waals surface area contributed by atoms with Gasteiger partial charge in [-0.1, -0.05) is 6.92 Å². The molecule has 1 aliphatic carbocycles. The van der Waals surface area contributed by atoms with E-state index in [9.17, 15) is 26.9 Å². The number of fused-ring (bicyclic) bond motifs is 1. The minimum absolute atomic E-state index is 0.103. The first-order chi connectivity index (χ1) is 15.6. The lowest BCUT2D eigenvalue weighted by atomic mass is 9.92. The quantitative estimate of drug-likeness (QED) is 0.575. The standard InChI is InChI=1S/C21H21F3N6O2S/c1-3-13-7-16-17(8-25)18(30(14-5-4-6-14)20(16)28-9-13)19-26-10-15(11-27-19)33(31,32)29-12(2)21(22,23)24/h7,9-12,14,29H,3-6H2,1-2H3/t12-/m0/s1. The predicted molar refractivity (Wildman–Crippen MR) is 114 cm³/mol. The van der Waals surface area contributed by atoms with Gasteiger partial charge in [0.05, 0.1) is 18.0 Å². The van der Waals surface area contributed by atoms with Crippen LogP contribution in [-0.2, 0) is 16.4 Å². The Labute approximate surface area is 188 Å². The summed E-state index contributed by atoms with van der Waals surface area (Å²) >= 11 is 0. The largest absolute Gasteiger partial charge is 0.404 e. The van der Waals surface area contributed by atoms with Gasteiger partial charge < -0.3 is 4.57 Å². The molecule has 4 rings (SSSR count).